The molecule has 0 aromatic heterocycles. The standard InChI is InChI=1S/C17H16Cl3FN2O/c1-9(13-5-3-11(18)7-14(13)19)22-10(2)17(24)23-16-6-4-12(21)8-15(16)20/h3-10,22H,1-2H3,(H,23,24)/p+1/t9-,10+/m0/s1. The van der Waals surface area contributed by atoms with Gasteiger partial charge in [-0.2, -0.15) is 0 Å². The van der Waals surface area contributed by atoms with Crippen molar-refractivity contribution in [3.63, 3.8) is 0 Å². The molecule has 2 aromatic carbocycles. The minimum absolute atomic E-state index is 0.0424. The number of rotatable bonds is 5. The molecule has 7 heteroatoms. The Morgan fingerprint density at radius 2 is 1.79 bits per heavy atom. The van der Waals surface area contributed by atoms with Crippen molar-refractivity contribution in [2.75, 3.05) is 5.32 Å². The van der Waals surface area contributed by atoms with Gasteiger partial charge in [0.15, 0.2) is 6.04 Å². The van der Waals surface area contributed by atoms with Crippen LogP contribution in [0.5, 0.6) is 0 Å². The van der Waals surface area contributed by atoms with Crippen LogP contribution in [-0.4, -0.2) is 11.9 Å². The zero-order valence-corrected chi connectivity index (χ0v) is 15.4. The number of hydrogen-bond acceptors (Lipinski definition) is 1. The van der Waals surface area contributed by atoms with Gasteiger partial charge in [0.25, 0.3) is 5.91 Å². The Morgan fingerprint density at radius 1 is 1.08 bits per heavy atom. The summed E-state index contributed by atoms with van der Waals surface area (Å²) in [6, 6.07) is 8.66. The second kappa shape index (κ2) is 8.17. The van der Waals surface area contributed by atoms with Crippen molar-refractivity contribution in [3.05, 3.63) is 62.8 Å². The Bertz CT molecular complexity index is 755. The zero-order chi connectivity index (χ0) is 17.9. The molecule has 0 saturated heterocycles. The van der Waals surface area contributed by atoms with Gasteiger partial charge in [-0.15, -0.1) is 0 Å². The van der Waals surface area contributed by atoms with Crippen molar-refractivity contribution in [1.82, 2.24) is 0 Å². The van der Waals surface area contributed by atoms with Gasteiger partial charge in [0.05, 0.1) is 15.7 Å². The summed E-state index contributed by atoms with van der Waals surface area (Å²) in [5.41, 5.74) is 1.26. The first kappa shape index (κ1) is 19.0. The van der Waals surface area contributed by atoms with Gasteiger partial charge in [-0.3, -0.25) is 4.79 Å². The molecule has 0 aliphatic carbocycles. The number of quaternary nitrogens is 1. The fraction of sp³-hybridized carbons (Fsp3) is 0.235. The van der Waals surface area contributed by atoms with E-state index >= 15 is 0 Å². The minimum Gasteiger partial charge on any atom is -0.330 e. The molecule has 24 heavy (non-hydrogen) atoms. The third-order valence-corrected chi connectivity index (χ3v) is 4.51. The molecule has 2 atom stereocenters. The van der Waals surface area contributed by atoms with E-state index in [0.717, 1.165) is 11.6 Å². The van der Waals surface area contributed by atoms with Gasteiger partial charge in [-0.25, -0.2) is 4.39 Å². The van der Waals surface area contributed by atoms with Crippen LogP contribution in [0, 0.1) is 5.82 Å². The van der Waals surface area contributed by atoms with E-state index in [1.165, 1.54) is 12.1 Å². The average molecular weight is 391 g/mol. The maximum Gasteiger partial charge on any atom is 0.282 e. The number of nitrogens with one attached hydrogen (secondary N) is 1. The Labute approximate surface area is 155 Å². The van der Waals surface area contributed by atoms with E-state index in [9.17, 15) is 9.18 Å². The number of benzene rings is 2. The van der Waals surface area contributed by atoms with Crippen molar-refractivity contribution in [2.45, 2.75) is 25.9 Å². The van der Waals surface area contributed by atoms with Crippen LogP contribution in [-0.2, 0) is 4.79 Å². The molecule has 0 heterocycles. The van der Waals surface area contributed by atoms with Crippen molar-refractivity contribution < 1.29 is 14.5 Å². The van der Waals surface area contributed by atoms with Crippen LogP contribution in [0.2, 0.25) is 15.1 Å². The van der Waals surface area contributed by atoms with Gasteiger partial charge in [0.1, 0.15) is 11.9 Å². The maximum absolute atomic E-state index is 13.0. The van der Waals surface area contributed by atoms with Crippen molar-refractivity contribution in [1.29, 1.82) is 0 Å². The predicted molar refractivity (Wildman–Crippen MR) is 96.3 cm³/mol. The second-order valence-corrected chi connectivity index (χ2v) is 6.80. The normalized spacial score (nSPS) is 13.4. The summed E-state index contributed by atoms with van der Waals surface area (Å²) in [5, 5.41) is 5.85. The van der Waals surface area contributed by atoms with Crippen LogP contribution in [0.25, 0.3) is 0 Å². The maximum atomic E-state index is 13.0. The van der Waals surface area contributed by atoms with E-state index in [1.54, 1.807) is 19.1 Å². The van der Waals surface area contributed by atoms with Gasteiger partial charge in [-0.05, 0) is 44.2 Å². The highest BCUT2D eigenvalue weighted by Gasteiger charge is 2.22. The van der Waals surface area contributed by atoms with Crippen LogP contribution in [0.1, 0.15) is 25.5 Å². The molecule has 0 bridgehead atoms. The molecule has 0 saturated carbocycles. The number of carbonyl (C=O) groups is 1. The fourth-order valence-corrected chi connectivity index (χ4v) is 3.13. The molecule has 0 radical (unpaired) electrons. The van der Waals surface area contributed by atoms with Gasteiger partial charge >= 0.3 is 0 Å². The quantitative estimate of drug-likeness (QED) is 0.779. The number of carbonyl (C=O) groups excluding carboxylic acids is 1. The number of hydrogen-bond donors (Lipinski definition) is 2. The third kappa shape index (κ3) is 4.84. The molecular formula is C17H17Cl3FN2O+. The molecule has 0 aliphatic rings. The lowest BCUT2D eigenvalue weighted by atomic mass is 10.1. The van der Waals surface area contributed by atoms with Crippen molar-refractivity contribution in [3.8, 4) is 0 Å². The Morgan fingerprint density at radius 3 is 2.42 bits per heavy atom. The number of nitrogens with two attached hydrogens (primary N) is 1. The molecule has 2 rings (SSSR count). The SMILES string of the molecule is C[C@H]([NH2+][C@H](C)C(=O)Nc1ccc(F)cc1Cl)c1ccc(Cl)cc1Cl. The first-order chi connectivity index (χ1) is 11.3. The third-order valence-electron chi connectivity index (χ3n) is 3.63. The first-order valence-corrected chi connectivity index (χ1v) is 8.47. The average Bonchev–Trinajstić information content (AvgIpc) is 2.49. The molecule has 2 aromatic rings. The van der Waals surface area contributed by atoms with Crippen molar-refractivity contribution in [2.24, 2.45) is 0 Å². The summed E-state index contributed by atoms with van der Waals surface area (Å²) in [5.74, 6) is -0.691. The lowest BCUT2D eigenvalue weighted by molar-refractivity contribution is -0.709. The summed E-state index contributed by atoms with van der Waals surface area (Å²) in [7, 11) is 0. The van der Waals surface area contributed by atoms with E-state index in [1.807, 2.05) is 18.3 Å². The highest BCUT2D eigenvalue weighted by molar-refractivity contribution is 6.35. The molecule has 128 valence electrons. The molecule has 0 spiro atoms. The summed E-state index contributed by atoms with van der Waals surface area (Å²) >= 11 is 18.0. The second-order valence-electron chi connectivity index (χ2n) is 5.55. The van der Waals surface area contributed by atoms with E-state index in [0.29, 0.717) is 15.7 Å². The van der Waals surface area contributed by atoms with Crippen molar-refractivity contribution >= 4 is 46.4 Å². The number of halogens is 4. The van der Waals surface area contributed by atoms with Crippen LogP contribution >= 0.6 is 34.8 Å². The van der Waals surface area contributed by atoms with Gasteiger partial charge in [-0.1, -0.05) is 40.9 Å². The summed E-state index contributed by atoms with van der Waals surface area (Å²) in [6.07, 6.45) is 0. The lowest BCUT2D eigenvalue weighted by Gasteiger charge is -2.18. The van der Waals surface area contributed by atoms with Crippen LogP contribution in [0.3, 0.4) is 0 Å². The van der Waals surface area contributed by atoms with Crippen LogP contribution < -0.4 is 10.6 Å². The Balaban J connectivity index is 2.02. The molecule has 0 fully saturated rings. The van der Waals surface area contributed by atoms with Crippen LogP contribution in [0.4, 0.5) is 10.1 Å². The molecule has 1 amide bonds. The number of anilines is 1. The van der Waals surface area contributed by atoms with Crippen LogP contribution in [0.15, 0.2) is 36.4 Å². The monoisotopic (exact) mass is 389 g/mol. The fourth-order valence-electron chi connectivity index (χ4n) is 2.33. The highest BCUT2D eigenvalue weighted by atomic mass is 35.5. The molecule has 3 N–H and O–H groups in total. The van der Waals surface area contributed by atoms with E-state index in [-0.39, 0.29) is 17.0 Å². The van der Waals surface area contributed by atoms with E-state index in [4.69, 9.17) is 34.8 Å². The predicted octanol–water partition coefficient (Wildman–Crippen LogP) is 4.44. The van der Waals surface area contributed by atoms with Gasteiger partial charge in [0.2, 0.25) is 0 Å². The highest BCUT2D eigenvalue weighted by Crippen LogP contribution is 2.25. The first-order valence-electron chi connectivity index (χ1n) is 7.33. The topological polar surface area (TPSA) is 45.7 Å². The molecule has 3 nitrogen and oxygen atoms in total. The largest absolute Gasteiger partial charge is 0.330 e. The minimum atomic E-state index is -0.455. The lowest BCUT2D eigenvalue weighted by Crippen LogP contribution is -2.91. The van der Waals surface area contributed by atoms with Gasteiger partial charge < -0.3 is 10.6 Å². The summed E-state index contributed by atoms with van der Waals surface area (Å²) < 4.78 is 13.0. The Kier molecular flexibility index (Phi) is 6.47. The molecule has 0 aliphatic heterocycles. The molecule has 0 unspecified atom stereocenters. The Hall–Kier alpha value is -1.33. The zero-order valence-electron chi connectivity index (χ0n) is 13.1. The number of amides is 1. The summed E-state index contributed by atoms with van der Waals surface area (Å²) in [4.78, 5) is 12.3. The smallest absolute Gasteiger partial charge is 0.282 e. The van der Waals surface area contributed by atoms with E-state index in [2.05, 4.69) is 5.32 Å². The summed E-state index contributed by atoms with van der Waals surface area (Å²) in [6.45, 7) is 3.72. The van der Waals surface area contributed by atoms with E-state index < -0.39 is 11.9 Å². The van der Waals surface area contributed by atoms with Gasteiger partial charge in [0, 0.05) is 10.6 Å². The molecular weight excluding hydrogens is 374 g/mol.